The molecule has 1 aromatic heterocycles. The first kappa shape index (κ1) is 15.7. The fourth-order valence-corrected chi connectivity index (χ4v) is 2.95. The molecule has 0 bridgehead atoms. The molecular formula is C17H22N2OS. The number of nitrogens with two attached hydrogens (primary N) is 1. The Morgan fingerprint density at radius 2 is 1.95 bits per heavy atom. The van der Waals surface area contributed by atoms with Crippen LogP contribution in [0.1, 0.15) is 35.9 Å². The molecular weight excluding hydrogens is 280 g/mol. The van der Waals surface area contributed by atoms with Crippen LogP contribution in [-0.2, 0) is 10.2 Å². The first-order valence-corrected chi connectivity index (χ1v) is 7.92. The minimum absolute atomic E-state index is 0.0865. The fourth-order valence-electron chi connectivity index (χ4n) is 2.09. The van der Waals surface area contributed by atoms with Crippen molar-refractivity contribution in [3.05, 3.63) is 57.8 Å². The van der Waals surface area contributed by atoms with E-state index in [0.29, 0.717) is 6.54 Å². The van der Waals surface area contributed by atoms with E-state index in [1.54, 1.807) is 11.3 Å². The molecule has 3 N–H and O–H groups in total. The fraction of sp³-hybridized carbons (Fsp3) is 0.353. The number of carbonyl (C=O) groups is 1. The molecule has 1 heterocycles. The average molecular weight is 302 g/mol. The van der Waals surface area contributed by atoms with Gasteiger partial charge in [-0.3, -0.25) is 4.79 Å². The SMILES string of the molecule is Cc1ccc(C(N)C(=O)NCC(C)(C)c2cccs2)cc1. The number of hydrogen-bond donors (Lipinski definition) is 2. The highest BCUT2D eigenvalue weighted by Crippen LogP contribution is 2.26. The van der Waals surface area contributed by atoms with Crippen LogP contribution in [0, 0.1) is 6.92 Å². The standard InChI is InChI=1S/C17H22N2OS/c1-12-6-8-13(9-7-12)15(18)16(20)19-11-17(2,3)14-5-4-10-21-14/h4-10,15H,11,18H2,1-3H3,(H,19,20). The maximum absolute atomic E-state index is 12.2. The monoisotopic (exact) mass is 302 g/mol. The van der Waals surface area contributed by atoms with E-state index in [4.69, 9.17) is 5.73 Å². The van der Waals surface area contributed by atoms with Gasteiger partial charge < -0.3 is 11.1 Å². The van der Waals surface area contributed by atoms with E-state index in [1.165, 1.54) is 4.88 Å². The van der Waals surface area contributed by atoms with Crippen molar-refractivity contribution in [3.8, 4) is 0 Å². The van der Waals surface area contributed by atoms with Gasteiger partial charge in [-0.1, -0.05) is 49.7 Å². The van der Waals surface area contributed by atoms with E-state index < -0.39 is 6.04 Å². The van der Waals surface area contributed by atoms with E-state index in [1.807, 2.05) is 37.3 Å². The van der Waals surface area contributed by atoms with Gasteiger partial charge in [-0.05, 0) is 23.9 Å². The zero-order chi connectivity index (χ0) is 15.5. The molecule has 0 spiro atoms. The molecule has 1 unspecified atom stereocenters. The van der Waals surface area contributed by atoms with Gasteiger partial charge in [0, 0.05) is 16.8 Å². The second-order valence-electron chi connectivity index (χ2n) is 5.97. The summed E-state index contributed by atoms with van der Waals surface area (Å²) in [5.41, 5.74) is 7.94. The van der Waals surface area contributed by atoms with Crippen molar-refractivity contribution in [2.75, 3.05) is 6.54 Å². The Morgan fingerprint density at radius 3 is 2.52 bits per heavy atom. The second kappa shape index (κ2) is 6.41. The highest BCUT2D eigenvalue weighted by molar-refractivity contribution is 7.10. The molecule has 0 aliphatic carbocycles. The van der Waals surface area contributed by atoms with E-state index in [2.05, 4.69) is 30.6 Å². The molecule has 0 saturated heterocycles. The minimum atomic E-state index is -0.621. The van der Waals surface area contributed by atoms with Crippen LogP contribution in [0.15, 0.2) is 41.8 Å². The lowest BCUT2D eigenvalue weighted by Gasteiger charge is -2.24. The quantitative estimate of drug-likeness (QED) is 0.891. The summed E-state index contributed by atoms with van der Waals surface area (Å²) in [5.74, 6) is -0.136. The van der Waals surface area contributed by atoms with Crippen LogP contribution < -0.4 is 11.1 Å². The Bertz CT molecular complexity index is 588. The molecule has 2 aromatic rings. The molecule has 0 aliphatic heterocycles. The van der Waals surface area contributed by atoms with Gasteiger partial charge in [0.1, 0.15) is 6.04 Å². The van der Waals surface area contributed by atoms with Crippen molar-refractivity contribution in [1.82, 2.24) is 5.32 Å². The molecule has 2 rings (SSSR count). The zero-order valence-electron chi connectivity index (χ0n) is 12.7. The van der Waals surface area contributed by atoms with Crippen LogP contribution in [0.25, 0.3) is 0 Å². The van der Waals surface area contributed by atoms with Gasteiger partial charge in [0.15, 0.2) is 0 Å². The Balaban J connectivity index is 1.97. The normalized spacial score (nSPS) is 13.0. The third-order valence-corrected chi connectivity index (χ3v) is 4.85. The van der Waals surface area contributed by atoms with Crippen molar-refractivity contribution < 1.29 is 4.79 Å². The molecule has 112 valence electrons. The smallest absolute Gasteiger partial charge is 0.241 e. The number of hydrogen-bond acceptors (Lipinski definition) is 3. The van der Waals surface area contributed by atoms with Gasteiger partial charge in [0.2, 0.25) is 5.91 Å². The lowest BCUT2D eigenvalue weighted by Crippen LogP contribution is -2.40. The summed E-state index contributed by atoms with van der Waals surface area (Å²) in [6.07, 6.45) is 0. The summed E-state index contributed by atoms with van der Waals surface area (Å²) in [4.78, 5) is 13.5. The largest absolute Gasteiger partial charge is 0.354 e. The third kappa shape index (κ3) is 3.93. The summed E-state index contributed by atoms with van der Waals surface area (Å²) in [6, 6.07) is 11.3. The number of amides is 1. The molecule has 0 aliphatic rings. The Kier molecular flexibility index (Phi) is 4.80. The van der Waals surface area contributed by atoms with Crippen LogP contribution in [-0.4, -0.2) is 12.5 Å². The van der Waals surface area contributed by atoms with Gasteiger partial charge in [-0.25, -0.2) is 0 Å². The van der Waals surface area contributed by atoms with Crippen LogP contribution in [0.5, 0.6) is 0 Å². The maximum atomic E-state index is 12.2. The van der Waals surface area contributed by atoms with Crippen molar-refractivity contribution in [3.63, 3.8) is 0 Å². The molecule has 3 nitrogen and oxygen atoms in total. The van der Waals surface area contributed by atoms with Gasteiger partial charge in [0.05, 0.1) is 0 Å². The van der Waals surface area contributed by atoms with Crippen molar-refractivity contribution in [1.29, 1.82) is 0 Å². The number of nitrogens with one attached hydrogen (secondary N) is 1. The molecule has 21 heavy (non-hydrogen) atoms. The number of thiophene rings is 1. The molecule has 0 saturated carbocycles. The Labute approximate surface area is 130 Å². The molecule has 1 atom stereocenters. The van der Waals surface area contributed by atoms with Crippen molar-refractivity contribution in [2.45, 2.75) is 32.2 Å². The summed E-state index contributed by atoms with van der Waals surface area (Å²) in [7, 11) is 0. The van der Waals surface area contributed by atoms with Crippen LogP contribution >= 0.6 is 11.3 Å². The average Bonchev–Trinajstić information content (AvgIpc) is 3.00. The predicted octanol–water partition coefficient (Wildman–Crippen LogP) is 3.15. The second-order valence-corrected chi connectivity index (χ2v) is 6.92. The highest BCUT2D eigenvalue weighted by Gasteiger charge is 2.24. The molecule has 0 fully saturated rings. The molecule has 1 amide bonds. The maximum Gasteiger partial charge on any atom is 0.241 e. The molecule has 4 heteroatoms. The first-order chi connectivity index (χ1) is 9.90. The highest BCUT2D eigenvalue weighted by atomic mass is 32.1. The van der Waals surface area contributed by atoms with E-state index in [9.17, 15) is 4.79 Å². The van der Waals surface area contributed by atoms with E-state index in [-0.39, 0.29) is 11.3 Å². The summed E-state index contributed by atoms with van der Waals surface area (Å²) >= 11 is 1.71. The first-order valence-electron chi connectivity index (χ1n) is 7.04. The van der Waals surface area contributed by atoms with Crippen molar-refractivity contribution >= 4 is 17.2 Å². The van der Waals surface area contributed by atoms with Gasteiger partial charge >= 0.3 is 0 Å². The zero-order valence-corrected chi connectivity index (χ0v) is 13.5. The summed E-state index contributed by atoms with van der Waals surface area (Å²) in [6.45, 7) is 6.83. The predicted molar refractivity (Wildman–Crippen MR) is 88.5 cm³/mol. The van der Waals surface area contributed by atoms with Crippen LogP contribution in [0.2, 0.25) is 0 Å². The number of aryl methyl sites for hydroxylation is 1. The summed E-state index contributed by atoms with van der Waals surface area (Å²) in [5, 5.41) is 5.02. The topological polar surface area (TPSA) is 55.1 Å². The van der Waals surface area contributed by atoms with Crippen LogP contribution in [0.3, 0.4) is 0 Å². The van der Waals surface area contributed by atoms with E-state index >= 15 is 0 Å². The van der Waals surface area contributed by atoms with Gasteiger partial charge in [0.25, 0.3) is 0 Å². The number of rotatable bonds is 5. The third-order valence-electron chi connectivity index (χ3n) is 3.61. The lowest BCUT2D eigenvalue weighted by atomic mass is 9.91. The molecule has 0 radical (unpaired) electrons. The number of carbonyl (C=O) groups excluding carboxylic acids is 1. The van der Waals surface area contributed by atoms with Gasteiger partial charge in [-0.2, -0.15) is 0 Å². The van der Waals surface area contributed by atoms with Crippen LogP contribution in [0.4, 0.5) is 0 Å². The number of benzene rings is 1. The lowest BCUT2D eigenvalue weighted by molar-refractivity contribution is -0.122. The molecule has 1 aromatic carbocycles. The van der Waals surface area contributed by atoms with E-state index in [0.717, 1.165) is 11.1 Å². The minimum Gasteiger partial charge on any atom is -0.354 e. The van der Waals surface area contributed by atoms with Crippen molar-refractivity contribution in [2.24, 2.45) is 5.73 Å². The Hall–Kier alpha value is -1.65. The van der Waals surface area contributed by atoms with Gasteiger partial charge in [-0.15, -0.1) is 11.3 Å². The summed E-state index contributed by atoms with van der Waals surface area (Å²) < 4.78 is 0. The Morgan fingerprint density at radius 1 is 1.29 bits per heavy atom.